The summed E-state index contributed by atoms with van der Waals surface area (Å²) in [5.74, 6) is -0.701. The van der Waals surface area contributed by atoms with Crippen LogP contribution in [-0.2, 0) is 9.59 Å². The van der Waals surface area contributed by atoms with Crippen LogP contribution in [0, 0.1) is 27.6 Å². The Balaban J connectivity index is 3.43. The lowest BCUT2D eigenvalue weighted by molar-refractivity contribution is -0.136. The number of ketones is 2. The van der Waals surface area contributed by atoms with Gasteiger partial charge in [-0.3, -0.25) is 9.59 Å². The summed E-state index contributed by atoms with van der Waals surface area (Å²) in [5, 5.41) is 9.35. The Labute approximate surface area is 103 Å². The number of rotatable bonds is 0. The molecule has 1 rings (SSSR count). The van der Waals surface area contributed by atoms with Gasteiger partial charge in [0.1, 0.15) is 0 Å². The predicted octanol–water partition coefficient (Wildman–Crippen LogP) is 2.67. The van der Waals surface area contributed by atoms with Gasteiger partial charge in [-0.1, -0.05) is 41.5 Å². The Morgan fingerprint density at radius 1 is 1.12 bits per heavy atom. The third-order valence-corrected chi connectivity index (χ3v) is 3.33. The van der Waals surface area contributed by atoms with Gasteiger partial charge in [-0.05, 0) is 16.9 Å². The molecular weight excluding hydrogens is 214 g/mol. The molecular formula is C14H19NO2. The number of carbonyl (C=O) groups is 2. The summed E-state index contributed by atoms with van der Waals surface area (Å²) in [5.41, 5.74) is -2.19. The number of hydrogen-bond acceptors (Lipinski definition) is 3. The van der Waals surface area contributed by atoms with Crippen molar-refractivity contribution in [2.24, 2.45) is 16.2 Å². The number of nitriles is 1. The molecule has 0 heterocycles. The van der Waals surface area contributed by atoms with Crippen molar-refractivity contribution in [1.82, 2.24) is 0 Å². The van der Waals surface area contributed by atoms with E-state index in [1.165, 1.54) is 6.08 Å². The Kier molecular flexibility index (Phi) is 2.83. The van der Waals surface area contributed by atoms with E-state index in [-0.39, 0.29) is 11.6 Å². The Morgan fingerprint density at radius 3 is 1.76 bits per heavy atom. The molecule has 0 bridgehead atoms. The molecule has 1 aliphatic carbocycles. The molecule has 0 saturated heterocycles. The van der Waals surface area contributed by atoms with Crippen LogP contribution in [0.2, 0.25) is 0 Å². The van der Waals surface area contributed by atoms with Crippen LogP contribution < -0.4 is 0 Å². The van der Waals surface area contributed by atoms with Gasteiger partial charge in [-0.25, -0.2) is 0 Å². The summed E-state index contributed by atoms with van der Waals surface area (Å²) in [6.07, 6.45) is 1.36. The van der Waals surface area contributed by atoms with Crippen LogP contribution >= 0.6 is 0 Å². The van der Waals surface area contributed by atoms with E-state index in [4.69, 9.17) is 0 Å². The van der Waals surface area contributed by atoms with E-state index in [2.05, 4.69) is 0 Å². The molecule has 0 unspecified atom stereocenters. The third kappa shape index (κ3) is 1.72. The first-order valence-corrected chi connectivity index (χ1v) is 5.71. The van der Waals surface area contributed by atoms with E-state index in [1.54, 1.807) is 20.8 Å². The van der Waals surface area contributed by atoms with Crippen LogP contribution in [0.4, 0.5) is 0 Å². The Bertz CT molecular complexity index is 452. The topological polar surface area (TPSA) is 57.9 Å². The Hall–Kier alpha value is -1.43. The summed E-state index contributed by atoms with van der Waals surface area (Å²) in [6, 6.07) is 1.97. The van der Waals surface area contributed by atoms with E-state index >= 15 is 0 Å². The number of nitrogens with zero attached hydrogens (tertiary/aromatic N) is 1. The lowest BCUT2D eigenvalue weighted by Gasteiger charge is -2.33. The highest BCUT2D eigenvalue weighted by atomic mass is 16.2. The number of Topliss-reactive ketones (excluding diaryl/α,β-unsaturated/α-hetero) is 1. The first-order chi connectivity index (χ1) is 7.48. The van der Waals surface area contributed by atoms with Crippen LogP contribution in [0.1, 0.15) is 41.5 Å². The summed E-state index contributed by atoms with van der Waals surface area (Å²) in [6.45, 7) is 10.9. The molecule has 0 amide bonds. The zero-order valence-corrected chi connectivity index (χ0v) is 11.3. The maximum Gasteiger partial charge on any atom is 0.188 e. The SMILES string of the molecule is CC(C)(C)C1=CC(=O)[C@@](C#N)(C(C)(C)C)C1=O. The van der Waals surface area contributed by atoms with E-state index in [0.29, 0.717) is 5.57 Å². The molecule has 92 valence electrons. The largest absolute Gasteiger partial charge is 0.292 e. The van der Waals surface area contributed by atoms with E-state index in [9.17, 15) is 14.9 Å². The first-order valence-electron chi connectivity index (χ1n) is 5.71. The highest BCUT2D eigenvalue weighted by Gasteiger charge is 2.59. The minimum Gasteiger partial charge on any atom is -0.292 e. The minimum atomic E-state index is -1.55. The van der Waals surface area contributed by atoms with Gasteiger partial charge in [-0.2, -0.15) is 5.26 Å². The molecule has 0 fully saturated rings. The van der Waals surface area contributed by atoms with E-state index in [0.717, 1.165) is 0 Å². The zero-order chi connectivity index (χ0) is 13.6. The number of hydrogen-bond donors (Lipinski definition) is 0. The fourth-order valence-electron chi connectivity index (χ4n) is 2.16. The van der Waals surface area contributed by atoms with Gasteiger partial charge in [0.25, 0.3) is 0 Å². The summed E-state index contributed by atoms with van der Waals surface area (Å²) < 4.78 is 0. The van der Waals surface area contributed by atoms with Gasteiger partial charge < -0.3 is 0 Å². The molecule has 0 aliphatic heterocycles. The van der Waals surface area contributed by atoms with Crippen molar-refractivity contribution in [3.63, 3.8) is 0 Å². The van der Waals surface area contributed by atoms with Gasteiger partial charge in [0.05, 0.1) is 6.07 Å². The molecule has 0 radical (unpaired) electrons. The summed E-state index contributed by atoms with van der Waals surface area (Å²) in [7, 11) is 0. The van der Waals surface area contributed by atoms with Gasteiger partial charge >= 0.3 is 0 Å². The molecule has 0 saturated carbocycles. The van der Waals surface area contributed by atoms with Crippen molar-refractivity contribution in [1.29, 1.82) is 5.26 Å². The lowest BCUT2D eigenvalue weighted by atomic mass is 9.63. The minimum absolute atomic E-state index is 0.329. The smallest absolute Gasteiger partial charge is 0.188 e. The number of carbonyl (C=O) groups excluding carboxylic acids is 2. The fourth-order valence-corrected chi connectivity index (χ4v) is 2.16. The van der Waals surface area contributed by atoms with Crippen LogP contribution in [0.15, 0.2) is 11.6 Å². The molecule has 0 aromatic carbocycles. The maximum absolute atomic E-state index is 12.5. The fraction of sp³-hybridized carbons (Fsp3) is 0.643. The van der Waals surface area contributed by atoms with Crippen molar-refractivity contribution in [2.75, 3.05) is 0 Å². The number of allylic oxidation sites excluding steroid dienone is 2. The molecule has 1 atom stereocenters. The van der Waals surface area contributed by atoms with Crippen LogP contribution in [0.25, 0.3) is 0 Å². The monoisotopic (exact) mass is 233 g/mol. The standard InChI is InChI=1S/C14H19NO2/c1-12(2,3)9-7-10(16)14(8-15,11(9)17)13(4,5)6/h7H,1-6H3/t14-/m1/s1. The second-order valence-corrected chi connectivity index (χ2v) is 6.61. The average Bonchev–Trinajstić information content (AvgIpc) is 2.37. The van der Waals surface area contributed by atoms with Gasteiger partial charge in [-0.15, -0.1) is 0 Å². The van der Waals surface area contributed by atoms with Crippen molar-refractivity contribution in [2.45, 2.75) is 41.5 Å². The molecule has 0 aromatic heterocycles. The quantitative estimate of drug-likeness (QED) is 0.604. The predicted molar refractivity (Wildman–Crippen MR) is 65.1 cm³/mol. The van der Waals surface area contributed by atoms with Crippen molar-refractivity contribution in [3.8, 4) is 6.07 Å². The molecule has 0 spiro atoms. The molecule has 0 aromatic rings. The van der Waals surface area contributed by atoms with Crippen LogP contribution in [0.5, 0.6) is 0 Å². The highest BCUT2D eigenvalue weighted by Crippen LogP contribution is 2.48. The molecule has 3 heteroatoms. The first kappa shape index (κ1) is 13.6. The van der Waals surface area contributed by atoms with E-state index < -0.39 is 16.2 Å². The third-order valence-electron chi connectivity index (χ3n) is 3.33. The zero-order valence-electron chi connectivity index (χ0n) is 11.3. The van der Waals surface area contributed by atoms with E-state index in [1.807, 2.05) is 26.8 Å². The maximum atomic E-state index is 12.5. The van der Waals surface area contributed by atoms with Crippen molar-refractivity contribution in [3.05, 3.63) is 11.6 Å². The molecule has 0 N–H and O–H groups in total. The Morgan fingerprint density at radius 2 is 1.59 bits per heavy atom. The van der Waals surface area contributed by atoms with Gasteiger partial charge in [0.2, 0.25) is 0 Å². The molecule has 17 heavy (non-hydrogen) atoms. The van der Waals surface area contributed by atoms with Gasteiger partial charge in [0.15, 0.2) is 17.0 Å². The van der Waals surface area contributed by atoms with Crippen LogP contribution in [0.3, 0.4) is 0 Å². The normalized spacial score (nSPS) is 25.8. The van der Waals surface area contributed by atoms with Gasteiger partial charge in [0, 0.05) is 5.57 Å². The summed E-state index contributed by atoms with van der Waals surface area (Å²) in [4.78, 5) is 24.6. The van der Waals surface area contributed by atoms with Crippen molar-refractivity contribution < 1.29 is 9.59 Å². The molecule has 1 aliphatic rings. The highest BCUT2D eigenvalue weighted by molar-refractivity contribution is 6.28. The average molecular weight is 233 g/mol. The van der Waals surface area contributed by atoms with Crippen LogP contribution in [-0.4, -0.2) is 11.6 Å². The summed E-state index contributed by atoms with van der Waals surface area (Å²) >= 11 is 0. The molecule has 3 nitrogen and oxygen atoms in total. The second kappa shape index (κ2) is 3.53. The second-order valence-electron chi connectivity index (χ2n) is 6.61. The lowest BCUT2D eigenvalue weighted by Crippen LogP contribution is -2.45. The van der Waals surface area contributed by atoms with Crippen molar-refractivity contribution >= 4 is 11.6 Å².